The van der Waals surface area contributed by atoms with Gasteiger partial charge in [0.2, 0.25) is 15.9 Å². The molecule has 0 bridgehead atoms. The van der Waals surface area contributed by atoms with E-state index in [4.69, 9.17) is 0 Å². The molecule has 2 heterocycles. The van der Waals surface area contributed by atoms with E-state index < -0.39 is 10.0 Å². The van der Waals surface area contributed by atoms with Gasteiger partial charge in [0.15, 0.2) is 0 Å². The zero-order valence-corrected chi connectivity index (χ0v) is 20.0. The molecular weight excluding hydrogens is 414 g/mol. The number of hydrogen-bond donors (Lipinski definition) is 1. The lowest BCUT2D eigenvalue weighted by Crippen LogP contribution is -2.50. The summed E-state index contributed by atoms with van der Waals surface area (Å²) in [4.78, 5) is 19.6. The average molecular weight is 452 g/mol. The molecule has 9 heteroatoms. The van der Waals surface area contributed by atoms with Gasteiger partial charge in [-0.1, -0.05) is 17.7 Å². The zero-order chi connectivity index (χ0) is 22.4. The lowest BCUT2D eigenvalue weighted by atomic mass is 10.2. The van der Waals surface area contributed by atoms with Crippen LogP contribution in [0.4, 0.5) is 0 Å². The summed E-state index contributed by atoms with van der Waals surface area (Å²) in [5, 5.41) is 3.23. The molecular formula is C22H37N5O3S. The third-order valence-electron chi connectivity index (χ3n) is 6.21. The van der Waals surface area contributed by atoms with E-state index in [1.807, 2.05) is 26.0 Å². The monoisotopic (exact) mass is 451 g/mol. The second kappa shape index (κ2) is 10.9. The number of carbonyl (C=O) groups excluding carboxylic acids is 1. The maximum atomic E-state index is 13.5. The van der Waals surface area contributed by atoms with Gasteiger partial charge >= 0.3 is 0 Å². The molecule has 0 unspecified atom stereocenters. The molecule has 3 rings (SSSR count). The third-order valence-corrected chi connectivity index (χ3v) is 8.21. The van der Waals surface area contributed by atoms with Crippen LogP contribution in [0.25, 0.3) is 0 Å². The van der Waals surface area contributed by atoms with Gasteiger partial charge in [0, 0.05) is 58.9 Å². The standard InChI is InChI=1S/C22H37N5O3S/c1-19-5-6-21(20(2)17-19)31(29,30)27(18-22(28)26-11-7-23-8-12-26)10-4-9-25-15-13-24(3)14-16-25/h5-6,17,23H,4,7-16,18H2,1-3H3. The number of aryl methyl sites for hydroxylation is 2. The minimum atomic E-state index is -3.75. The summed E-state index contributed by atoms with van der Waals surface area (Å²) >= 11 is 0. The van der Waals surface area contributed by atoms with E-state index >= 15 is 0 Å². The van der Waals surface area contributed by atoms with Gasteiger partial charge in [0.05, 0.1) is 11.4 Å². The normalized spacial score (nSPS) is 19.2. The number of hydrogen-bond acceptors (Lipinski definition) is 6. The first-order chi connectivity index (χ1) is 14.8. The quantitative estimate of drug-likeness (QED) is 0.615. The van der Waals surface area contributed by atoms with Crippen molar-refractivity contribution in [3.63, 3.8) is 0 Å². The largest absolute Gasteiger partial charge is 0.339 e. The minimum Gasteiger partial charge on any atom is -0.339 e. The molecule has 1 aromatic rings. The molecule has 0 radical (unpaired) electrons. The Morgan fingerprint density at radius 3 is 2.39 bits per heavy atom. The summed E-state index contributed by atoms with van der Waals surface area (Å²) in [6.07, 6.45) is 0.711. The summed E-state index contributed by atoms with van der Waals surface area (Å²) < 4.78 is 28.5. The number of rotatable bonds is 8. The highest BCUT2D eigenvalue weighted by molar-refractivity contribution is 7.89. The summed E-state index contributed by atoms with van der Waals surface area (Å²) in [5.41, 5.74) is 1.74. The Bertz CT molecular complexity index is 847. The maximum absolute atomic E-state index is 13.5. The zero-order valence-electron chi connectivity index (χ0n) is 19.1. The maximum Gasteiger partial charge on any atom is 0.243 e. The summed E-state index contributed by atoms with van der Waals surface area (Å²) in [7, 11) is -1.63. The molecule has 2 aliphatic heterocycles. The fourth-order valence-electron chi connectivity index (χ4n) is 4.22. The number of benzene rings is 1. The summed E-state index contributed by atoms with van der Waals surface area (Å²) in [5.74, 6) is -0.116. The van der Waals surface area contributed by atoms with Gasteiger partial charge in [0.25, 0.3) is 0 Å². The number of nitrogens with one attached hydrogen (secondary N) is 1. The lowest BCUT2D eigenvalue weighted by molar-refractivity contribution is -0.132. The highest BCUT2D eigenvalue weighted by Gasteiger charge is 2.30. The van der Waals surface area contributed by atoms with Crippen molar-refractivity contribution in [1.82, 2.24) is 24.3 Å². The van der Waals surface area contributed by atoms with Crippen molar-refractivity contribution >= 4 is 15.9 Å². The van der Waals surface area contributed by atoms with Gasteiger partial charge < -0.3 is 20.0 Å². The van der Waals surface area contributed by atoms with Crippen molar-refractivity contribution in [2.24, 2.45) is 0 Å². The fraction of sp³-hybridized carbons (Fsp3) is 0.682. The van der Waals surface area contributed by atoms with Crippen LogP contribution in [0.1, 0.15) is 17.5 Å². The smallest absolute Gasteiger partial charge is 0.243 e. The molecule has 2 fully saturated rings. The van der Waals surface area contributed by atoms with E-state index in [1.165, 1.54) is 4.31 Å². The average Bonchev–Trinajstić information content (AvgIpc) is 2.74. The van der Waals surface area contributed by atoms with Gasteiger partial charge in [-0.25, -0.2) is 8.42 Å². The summed E-state index contributed by atoms with van der Waals surface area (Å²) in [6, 6.07) is 5.37. The number of nitrogens with zero attached hydrogens (tertiary/aromatic N) is 4. The van der Waals surface area contributed by atoms with Crippen molar-refractivity contribution < 1.29 is 13.2 Å². The Hall–Kier alpha value is -1.52. The van der Waals surface area contributed by atoms with E-state index in [0.29, 0.717) is 31.0 Å². The molecule has 8 nitrogen and oxygen atoms in total. The molecule has 0 spiro atoms. The van der Waals surface area contributed by atoms with Crippen LogP contribution in [0, 0.1) is 13.8 Å². The Kier molecular flexibility index (Phi) is 8.46. The first-order valence-electron chi connectivity index (χ1n) is 11.2. The molecule has 0 aliphatic carbocycles. The van der Waals surface area contributed by atoms with Crippen molar-refractivity contribution in [2.45, 2.75) is 25.2 Å². The second-order valence-electron chi connectivity index (χ2n) is 8.74. The number of carbonyl (C=O) groups is 1. The van der Waals surface area contributed by atoms with Crippen LogP contribution in [0.5, 0.6) is 0 Å². The topological polar surface area (TPSA) is 76.2 Å². The Labute approximate surface area is 187 Å². The number of piperazine rings is 2. The van der Waals surface area contributed by atoms with Crippen LogP contribution >= 0.6 is 0 Å². The van der Waals surface area contributed by atoms with Gasteiger partial charge in [-0.15, -0.1) is 0 Å². The molecule has 2 saturated heterocycles. The van der Waals surface area contributed by atoms with E-state index in [2.05, 4.69) is 22.2 Å². The number of amides is 1. The Morgan fingerprint density at radius 1 is 1.06 bits per heavy atom. The van der Waals surface area contributed by atoms with E-state index in [1.54, 1.807) is 11.0 Å². The minimum absolute atomic E-state index is 0.0988. The van der Waals surface area contributed by atoms with E-state index in [-0.39, 0.29) is 12.5 Å². The SMILES string of the molecule is Cc1ccc(S(=O)(=O)N(CCCN2CCN(C)CC2)CC(=O)N2CCNCC2)c(C)c1. The molecule has 1 amide bonds. The summed E-state index contributed by atoms with van der Waals surface area (Å²) in [6.45, 7) is 11.7. The second-order valence-corrected chi connectivity index (χ2v) is 10.6. The number of sulfonamides is 1. The van der Waals surface area contributed by atoms with Crippen LogP contribution < -0.4 is 5.32 Å². The molecule has 1 aromatic carbocycles. The van der Waals surface area contributed by atoms with Crippen molar-refractivity contribution in [3.05, 3.63) is 29.3 Å². The van der Waals surface area contributed by atoms with Crippen molar-refractivity contribution in [3.8, 4) is 0 Å². The van der Waals surface area contributed by atoms with Gasteiger partial charge in [-0.2, -0.15) is 4.31 Å². The van der Waals surface area contributed by atoms with Crippen molar-refractivity contribution in [1.29, 1.82) is 0 Å². The Balaban J connectivity index is 1.71. The molecule has 174 valence electrons. The highest BCUT2D eigenvalue weighted by Crippen LogP contribution is 2.21. The van der Waals surface area contributed by atoms with Gasteiger partial charge in [-0.05, 0) is 45.5 Å². The number of likely N-dealkylation sites (N-methyl/N-ethyl adjacent to an activating group) is 1. The van der Waals surface area contributed by atoms with Crippen LogP contribution in [0.15, 0.2) is 23.1 Å². The lowest BCUT2D eigenvalue weighted by Gasteiger charge is -2.33. The van der Waals surface area contributed by atoms with Crippen LogP contribution in [0.3, 0.4) is 0 Å². The first kappa shape index (κ1) is 24.1. The first-order valence-corrected chi connectivity index (χ1v) is 12.7. The van der Waals surface area contributed by atoms with Crippen LogP contribution in [0.2, 0.25) is 0 Å². The van der Waals surface area contributed by atoms with E-state index in [9.17, 15) is 13.2 Å². The molecule has 0 saturated carbocycles. The van der Waals surface area contributed by atoms with Gasteiger partial charge in [0.1, 0.15) is 0 Å². The molecule has 1 N–H and O–H groups in total. The molecule has 0 atom stereocenters. The molecule has 2 aliphatic rings. The van der Waals surface area contributed by atoms with Crippen LogP contribution in [-0.2, 0) is 14.8 Å². The molecule has 31 heavy (non-hydrogen) atoms. The predicted octanol–water partition coefficient (Wildman–Crippen LogP) is 0.363. The van der Waals surface area contributed by atoms with E-state index in [0.717, 1.165) is 56.9 Å². The highest BCUT2D eigenvalue weighted by atomic mass is 32.2. The van der Waals surface area contributed by atoms with Crippen LogP contribution in [-0.4, -0.2) is 112 Å². The fourth-order valence-corrected chi connectivity index (χ4v) is 5.85. The Morgan fingerprint density at radius 2 is 1.74 bits per heavy atom. The molecule has 0 aromatic heterocycles. The van der Waals surface area contributed by atoms with Crippen molar-refractivity contribution in [2.75, 3.05) is 79.0 Å². The van der Waals surface area contributed by atoms with Gasteiger partial charge in [-0.3, -0.25) is 4.79 Å². The third kappa shape index (κ3) is 6.49. The predicted molar refractivity (Wildman–Crippen MR) is 123 cm³/mol.